The molecule has 2 aromatic carbocycles. The third kappa shape index (κ3) is 6.15. The number of benzene rings is 2. The molecule has 0 aliphatic heterocycles. The van der Waals surface area contributed by atoms with Crippen LogP contribution < -0.4 is 20.3 Å². The topological polar surface area (TPSA) is 124 Å². The molecule has 1 amide bonds. The number of hydrogen-bond acceptors (Lipinski definition) is 9. The third-order valence-corrected chi connectivity index (χ3v) is 6.34. The number of nitriles is 1. The first-order valence-corrected chi connectivity index (χ1v) is 12.4. The Morgan fingerprint density at radius 2 is 1.90 bits per heavy atom. The molecule has 0 fully saturated rings. The first-order valence-electron chi connectivity index (χ1n) is 12.4. The summed E-state index contributed by atoms with van der Waals surface area (Å²) < 4.78 is 48.8. The van der Waals surface area contributed by atoms with E-state index in [2.05, 4.69) is 25.7 Å². The number of carbonyl (C=O) groups excluding carboxylic acids is 1. The van der Waals surface area contributed by atoms with E-state index in [0.717, 1.165) is 11.2 Å². The average molecular weight is 568 g/mol. The number of rotatable bonds is 10. The number of aryl methyl sites for hydroxylation is 1. The summed E-state index contributed by atoms with van der Waals surface area (Å²) in [5.41, 5.74) is 1.46. The molecule has 2 aromatic heterocycles. The van der Waals surface area contributed by atoms with Crippen LogP contribution in [-0.2, 0) is 11.0 Å². The highest BCUT2D eigenvalue weighted by molar-refractivity contribution is 5.87. The number of methoxy groups -OCH3 is 1. The molecule has 0 aliphatic carbocycles. The molecule has 0 radical (unpaired) electrons. The molecule has 11 nitrogen and oxygen atoms in total. The van der Waals surface area contributed by atoms with Gasteiger partial charge >= 0.3 is 6.18 Å². The summed E-state index contributed by atoms with van der Waals surface area (Å²) >= 11 is 0. The lowest BCUT2D eigenvalue weighted by molar-refractivity contribution is -0.138. The monoisotopic (exact) mass is 567 g/mol. The zero-order chi connectivity index (χ0) is 29.9. The van der Waals surface area contributed by atoms with E-state index in [9.17, 15) is 23.2 Å². The number of alkyl halides is 3. The van der Waals surface area contributed by atoms with Gasteiger partial charge in [-0.2, -0.15) is 28.5 Å². The molecule has 2 N–H and O–H groups in total. The van der Waals surface area contributed by atoms with Crippen LogP contribution in [0.1, 0.15) is 16.8 Å². The lowest BCUT2D eigenvalue weighted by Crippen LogP contribution is -2.29. The number of halogens is 3. The molecule has 2 heterocycles. The Morgan fingerprint density at radius 3 is 2.54 bits per heavy atom. The van der Waals surface area contributed by atoms with Crippen LogP contribution in [0.25, 0.3) is 16.7 Å². The summed E-state index contributed by atoms with van der Waals surface area (Å²) in [4.78, 5) is 23.4. The highest BCUT2D eigenvalue weighted by Crippen LogP contribution is 2.39. The van der Waals surface area contributed by atoms with Crippen molar-refractivity contribution in [1.29, 1.82) is 5.26 Å². The minimum Gasteiger partial charge on any atom is -0.494 e. The molecule has 14 heteroatoms. The zero-order valence-corrected chi connectivity index (χ0v) is 23.0. The molecule has 0 spiro atoms. The Hall–Kier alpha value is -4.90. The van der Waals surface area contributed by atoms with Crippen molar-refractivity contribution in [1.82, 2.24) is 24.6 Å². The van der Waals surface area contributed by atoms with E-state index in [1.165, 1.54) is 19.2 Å². The van der Waals surface area contributed by atoms with Crippen LogP contribution in [0, 0.1) is 18.3 Å². The second-order valence-corrected chi connectivity index (χ2v) is 9.45. The van der Waals surface area contributed by atoms with Crippen LogP contribution in [-0.4, -0.2) is 72.4 Å². The van der Waals surface area contributed by atoms with E-state index in [1.54, 1.807) is 25.1 Å². The van der Waals surface area contributed by atoms with Crippen LogP contribution in [0.2, 0.25) is 0 Å². The van der Waals surface area contributed by atoms with E-state index >= 15 is 0 Å². The maximum atomic E-state index is 14.1. The van der Waals surface area contributed by atoms with Crippen molar-refractivity contribution in [3.63, 3.8) is 0 Å². The Kier molecular flexibility index (Phi) is 8.29. The van der Waals surface area contributed by atoms with Gasteiger partial charge in [0.25, 0.3) is 0 Å². The Morgan fingerprint density at radius 1 is 1.15 bits per heavy atom. The van der Waals surface area contributed by atoms with Crippen molar-refractivity contribution in [3.05, 3.63) is 53.3 Å². The third-order valence-electron chi connectivity index (χ3n) is 6.34. The van der Waals surface area contributed by atoms with Crippen molar-refractivity contribution in [2.45, 2.75) is 13.1 Å². The molecular weight excluding hydrogens is 539 g/mol. The number of ether oxygens (including phenoxy) is 1. The lowest BCUT2D eigenvalue weighted by atomic mass is 10.1. The average Bonchev–Trinajstić information content (AvgIpc) is 3.26. The van der Waals surface area contributed by atoms with Gasteiger partial charge in [0.15, 0.2) is 5.82 Å². The quantitative estimate of drug-likeness (QED) is 0.270. The van der Waals surface area contributed by atoms with Gasteiger partial charge in [-0.25, -0.2) is 9.67 Å². The molecular formula is C27H28F3N9O2. The minimum atomic E-state index is -4.77. The zero-order valence-electron chi connectivity index (χ0n) is 23.0. The van der Waals surface area contributed by atoms with E-state index in [4.69, 9.17) is 4.74 Å². The van der Waals surface area contributed by atoms with Gasteiger partial charge in [0.1, 0.15) is 11.3 Å². The molecule has 0 unspecified atom stereocenters. The fourth-order valence-electron chi connectivity index (χ4n) is 4.22. The van der Waals surface area contributed by atoms with E-state index in [1.807, 2.05) is 37.0 Å². The number of nitrogens with one attached hydrogen (secondary N) is 2. The van der Waals surface area contributed by atoms with Crippen LogP contribution in [0.5, 0.6) is 5.75 Å². The van der Waals surface area contributed by atoms with Gasteiger partial charge in [-0.15, -0.1) is 0 Å². The van der Waals surface area contributed by atoms with Crippen LogP contribution >= 0.6 is 0 Å². The summed E-state index contributed by atoms with van der Waals surface area (Å²) in [5.74, 6) is -0.308. The number of amides is 1. The number of anilines is 4. The van der Waals surface area contributed by atoms with Crippen molar-refractivity contribution in [2.24, 2.45) is 0 Å². The Balaban J connectivity index is 1.81. The van der Waals surface area contributed by atoms with Crippen molar-refractivity contribution in [2.75, 3.05) is 56.9 Å². The van der Waals surface area contributed by atoms with Crippen LogP contribution in [0.3, 0.4) is 0 Å². The number of nitrogens with zero attached hydrogens (tertiary/aromatic N) is 7. The molecule has 4 rings (SSSR count). The van der Waals surface area contributed by atoms with Gasteiger partial charge in [0, 0.05) is 37.8 Å². The van der Waals surface area contributed by atoms with Gasteiger partial charge < -0.3 is 25.2 Å². The minimum absolute atomic E-state index is 0.160. The first kappa shape index (κ1) is 29.1. The highest BCUT2D eigenvalue weighted by atomic mass is 19.4. The number of aromatic nitrogens is 4. The summed E-state index contributed by atoms with van der Waals surface area (Å²) in [6.45, 7) is 3.03. The van der Waals surface area contributed by atoms with E-state index < -0.39 is 17.6 Å². The predicted octanol–water partition coefficient (Wildman–Crippen LogP) is 4.33. The Bertz CT molecular complexity index is 1630. The highest BCUT2D eigenvalue weighted by Gasteiger charge is 2.36. The lowest BCUT2D eigenvalue weighted by Gasteiger charge is -2.25. The molecule has 0 bridgehead atoms. The Labute approximate surface area is 234 Å². The predicted molar refractivity (Wildman–Crippen MR) is 149 cm³/mol. The van der Waals surface area contributed by atoms with E-state index in [0.29, 0.717) is 64.1 Å². The molecule has 4 aromatic rings. The summed E-state index contributed by atoms with van der Waals surface area (Å²) in [6.07, 6.45) is -3.56. The standard InChI is InChI=1S/C27H28F3N9O2/c1-16-18-10-17(13-31)6-7-22(18)39(36-16)25-19(27(28,29)30)14-32-26(35-25)34-21-11-20(33-15-40)23(12-24(21)41-5)38(4)9-8-37(2)3/h6-7,10-12,14-15H,8-9H2,1-5H3,(H,33,40)(H,32,34,35). The molecule has 0 saturated carbocycles. The number of hydrogen-bond donors (Lipinski definition) is 2. The van der Waals surface area contributed by atoms with Crippen LogP contribution in [0.15, 0.2) is 36.5 Å². The molecule has 0 atom stereocenters. The normalized spacial score (nSPS) is 11.4. The maximum absolute atomic E-state index is 14.1. The number of carbonyl (C=O) groups is 1. The smallest absolute Gasteiger partial charge is 0.421 e. The number of likely N-dealkylation sites (N-methyl/N-ethyl adjacent to an activating group) is 2. The molecule has 41 heavy (non-hydrogen) atoms. The van der Waals surface area contributed by atoms with Gasteiger partial charge in [0.05, 0.1) is 47.0 Å². The summed E-state index contributed by atoms with van der Waals surface area (Å²) in [6, 6.07) is 9.89. The molecule has 0 aliphatic rings. The fraction of sp³-hybridized carbons (Fsp3) is 0.296. The summed E-state index contributed by atoms with van der Waals surface area (Å²) in [7, 11) is 7.20. The van der Waals surface area contributed by atoms with Crippen molar-refractivity contribution >= 4 is 40.3 Å². The van der Waals surface area contributed by atoms with E-state index in [-0.39, 0.29) is 5.95 Å². The van der Waals surface area contributed by atoms with Gasteiger partial charge in [0.2, 0.25) is 12.4 Å². The van der Waals surface area contributed by atoms with Crippen LogP contribution in [0.4, 0.5) is 36.2 Å². The number of fused-ring (bicyclic) bond motifs is 1. The second kappa shape index (κ2) is 11.7. The summed E-state index contributed by atoms with van der Waals surface area (Å²) in [5, 5.41) is 19.6. The van der Waals surface area contributed by atoms with Crippen molar-refractivity contribution in [3.8, 4) is 17.6 Å². The fourth-order valence-corrected chi connectivity index (χ4v) is 4.22. The SMILES string of the molecule is COc1cc(N(C)CCN(C)C)c(NC=O)cc1Nc1ncc(C(F)(F)F)c(-n2nc(C)c3cc(C#N)ccc32)n1. The van der Waals surface area contributed by atoms with Crippen molar-refractivity contribution < 1.29 is 22.7 Å². The van der Waals surface area contributed by atoms with Gasteiger partial charge in [-0.3, -0.25) is 4.79 Å². The van der Waals surface area contributed by atoms with Gasteiger partial charge in [-0.05, 0) is 45.3 Å². The molecule has 214 valence electrons. The second-order valence-electron chi connectivity index (χ2n) is 9.45. The van der Waals surface area contributed by atoms with Gasteiger partial charge in [-0.1, -0.05) is 0 Å². The first-order chi connectivity index (χ1) is 19.5. The maximum Gasteiger partial charge on any atom is 0.421 e. The molecule has 0 saturated heterocycles. The largest absolute Gasteiger partial charge is 0.494 e.